The molecule has 0 radical (unpaired) electrons. The van der Waals surface area contributed by atoms with Crippen LogP contribution in [0.5, 0.6) is 0 Å². The van der Waals surface area contributed by atoms with Gasteiger partial charge in [0, 0.05) is 16.3 Å². The summed E-state index contributed by atoms with van der Waals surface area (Å²) >= 11 is 0. The molecular weight excluding hydrogens is 322 g/mol. The maximum atomic E-state index is 6.07. The van der Waals surface area contributed by atoms with E-state index in [1.54, 1.807) is 0 Å². The summed E-state index contributed by atoms with van der Waals surface area (Å²) < 4.78 is 6.07. The van der Waals surface area contributed by atoms with Crippen molar-refractivity contribution in [2.45, 2.75) is 13.8 Å². The topological polar surface area (TPSA) is 54.7 Å². The van der Waals surface area contributed by atoms with Crippen LogP contribution in [0.4, 0.5) is 0 Å². The van der Waals surface area contributed by atoms with Gasteiger partial charge in [0.1, 0.15) is 11.2 Å². The molecule has 2 aromatic heterocycles. The van der Waals surface area contributed by atoms with Gasteiger partial charge in [-0.3, -0.25) is 5.10 Å². The van der Waals surface area contributed by atoms with Crippen molar-refractivity contribution in [3.63, 3.8) is 0 Å². The molecule has 0 spiro atoms. The van der Waals surface area contributed by atoms with Gasteiger partial charge in [0.15, 0.2) is 11.6 Å². The zero-order valence-corrected chi connectivity index (χ0v) is 14.7. The number of hydrogen-bond acceptors (Lipinski definition) is 3. The van der Waals surface area contributed by atoms with E-state index < -0.39 is 0 Å². The van der Waals surface area contributed by atoms with Crippen LogP contribution in [-0.4, -0.2) is 15.2 Å². The van der Waals surface area contributed by atoms with Crippen LogP contribution in [0.1, 0.15) is 13.8 Å². The van der Waals surface area contributed by atoms with Gasteiger partial charge in [-0.25, -0.2) is 4.98 Å². The maximum absolute atomic E-state index is 6.07. The van der Waals surface area contributed by atoms with E-state index in [0.29, 0.717) is 11.6 Å². The van der Waals surface area contributed by atoms with E-state index in [9.17, 15) is 0 Å². The molecule has 128 valence electrons. The van der Waals surface area contributed by atoms with Gasteiger partial charge in [-0.15, -0.1) is 0 Å². The van der Waals surface area contributed by atoms with Gasteiger partial charge in [-0.05, 0) is 12.1 Å². The highest BCUT2D eigenvalue weighted by atomic mass is 16.3. The number of aromatic nitrogens is 3. The van der Waals surface area contributed by atoms with Crippen LogP contribution in [0.25, 0.3) is 44.7 Å². The average molecular weight is 341 g/mol. The van der Waals surface area contributed by atoms with Crippen molar-refractivity contribution in [3.8, 4) is 22.8 Å². The molecule has 2 heterocycles. The Morgan fingerprint density at radius 1 is 0.769 bits per heavy atom. The first kappa shape index (κ1) is 16.1. The molecule has 0 amide bonds. The van der Waals surface area contributed by atoms with Gasteiger partial charge < -0.3 is 4.42 Å². The predicted molar refractivity (Wildman–Crippen MR) is 106 cm³/mol. The highest BCUT2D eigenvalue weighted by Crippen LogP contribution is 2.34. The van der Waals surface area contributed by atoms with Gasteiger partial charge in [-0.2, -0.15) is 5.10 Å². The Bertz CT molecular complexity index is 1160. The highest BCUT2D eigenvalue weighted by molar-refractivity contribution is 6.08. The number of para-hydroxylation sites is 2. The second kappa shape index (κ2) is 6.84. The number of fused-ring (bicyclic) bond motifs is 3. The molecule has 0 saturated heterocycles. The SMILES string of the molecule is CC.c1ccc(-c2n[nH]c(-c3cccc4c3oc3ccccc34)n2)cc1. The molecule has 4 heteroatoms. The third kappa shape index (κ3) is 2.65. The predicted octanol–water partition coefficient (Wildman–Crippen LogP) is 6.06. The third-order valence-corrected chi connectivity index (χ3v) is 4.18. The molecule has 0 aliphatic heterocycles. The van der Waals surface area contributed by atoms with Crippen molar-refractivity contribution in [3.05, 3.63) is 72.8 Å². The van der Waals surface area contributed by atoms with E-state index in [1.165, 1.54) is 0 Å². The van der Waals surface area contributed by atoms with Gasteiger partial charge in [-0.1, -0.05) is 74.5 Å². The number of furan rings is 1. The van der Waals surface area contributed by atoms with Crippen molar-refractivity contribution in [1.29, 1.82) is 0 Å². The molecule has 0 aliphatic carbocycles. The van der Waals surface area contributed by atoms with Crippen LogP contribution in [0, 0.1) is 0 Å². The zero-order valence-electron chi connectivity index (χ0n) is 14.7. The molecule has 4 nitrogen and oxygen atoms in total. The molecule has 0 fully saturated rings. The second-order valence-corrected chi connectivity index (χ2v) is 5.65. The lowest BCUT2D eigenvalue weighted by atomic mass is 10.1. The summed E-state index contributed by atoms with van der Waals surface area (Å²) in [6.45, 7) is 4.00. The number of nitrogens with zero attached hydrogens (tertiary/aromatic N) is 2. The van der Waals surface area contributed by atoms with Gasteiger partial charge in [0.05, 0.1) is 5.56 Å². The molecule has 0 atom stereocenters. The van der Waals surface area contributed by atoms with Crippen LogP contribution in [-0.2, 0) is 0 Å². The standard InChI is InChI=1S/C20H13N3O.C2H6/c1-2-7-13(8-3-1)19-21-20(23-22-19)16-11-6-10-15-14-9-4-5-12-17(14)24-18(15)16;1-2/h1-12H,(H,21,22,23);1-2H3. The summed E-state index contributed by atoms with van der Waals surface area (Å²) in [5.74, 6) is 1.39. The lowest BCUT2D eigenvalue weighted by Crippen LogP contribution is -1.82. The Balaban J connectivity index is 0.000000814. The van der Waals surface area contributed by atoms with Crippen molar-refractivity contribution in [2.75, 3.05) is 0 Å². The smallest absolute Gasteiger partial charge is 0.181 e. The largest absolute Gasteiger partial charge is 0.455 e. The van der Waals surface area contributed by atoms with Crippen LogP contribution in [0.2, 0.25) is 0 Å². The second-order valence-electron chi connectivity index (χ2n) is 5.65. The molecule has 26 heavy (non-hydrogen) atoms. The Kier molecular flexibility index (Phi) is 4.23. The third-order valence-electron chi connectivity index (χ3n) is 4.18. The van der Waals surface area contributed by atoms with E-state index in [0.717, 1.165) is 33.1 Å². The normalized spacial score (nSPS) is 10.7. The Hall–Kier alpha value is -3.40. The summed E-state index contributed by atoms with van der Waals surface area (Å²) in [5, 5.41) is 9.57. The van der Waals surface area contributed by atoms with Crippen molar-refractivity contribution < 1.29 is 4.42 Å². The lowest BCUT2D eigenvalue weighted by molar-refractivity contribution is 0.669. The molecule has 0 bridgehead atoms. The Morgan fingerprint density at radius 2 is 1.50 bits per heavy atom. The fraction of sp³-hybridized carbons (Fsp3) is 0.0909. The van der Waals surface area contributed by atoms with E-state index >= 15 is 0 Å². The Labute approximate surface area is 151 Å². The molecular formula is C22H19N3O. The molecule has 1 N–H and O–H groups in total. The molecule has 0 unspecified atom stereocenters. The minimum Gasteiger partial charge on any atom is -0.455 e. The maximum Gasteiger partial charge on any atom is 0.181 e. The number of rotatable bonds is 2. The first-order valence-corrected chi connectivity index (χ1v) is 8.78. The number of benzene rings is 3. The Morgan fingerprint density at radius 3 is 2.35 bits per heavy atom. The number of hydrogen-bond donors (Lipinski definition) is 1. The van der Waals surface area contributed by atoms with Crippen LogP contribution >= 0.6 is 0 Å². The van der Waals surface area contributed by atoms with E-state index in [1.807, 2.05) is 74.5 Å². The van der Waals surface area contributed by atoms with E-state index in [2.05, 4.69) is 27.3 Å². The zero-order chi connectivity index (χ0) is 17.9. The van der Waals surface area contributed by atoms with E-state index in [-0.39, 0.29) is 0 Å². The average Bonchev–Trinajstić information content (AvgIpc) is 3.35. The molecule has 0 aliphatic rings. The number of nitrogens with one attached hydrogen (secondary N) is 1. The highest BCUT2D eigenvalue weighted by Gasteiger charge is 2.15. The summed E-state index contributed by atoms with van der Waals surface area (Å²) in [6, 6.07) is 24.1. The monoisotopic (exact) mass is 341 g/mol. The summed E-state index contributed by atoms with van der Waals surface area (Å²) in [6.07, 6.45) is 0. The molecule has 3 aromatic carbocycles. The van der Waals surface area contributed by atoms with E-state index in [4.69, 9.17) is 4.42 Å². The fourth-order valence-corrected chi connectivity index (χ4v) is 3.03. The van der Waals surface area contributed by atoms with Gasteiger partial charge >= 0.3 is 0 Å². The molecule has 5 aromatic rings. The number of H-pyrrole nitrogens is 1. The van der Waals surface area contributed by atoms with Crippen LogP contribution < -0.4 is 0 Å². The van der Waals surface area contributed by atoms with Gasteiger partial charge in [0.25, 0.3) is 0 Å². The summed E-state index contributed by atoms with van der Waals surface area (Å²) in [5.41, 5.74) is 3.60. The first-order chi connectivity index (χ1) is 12.9. The molecule has 0 saturated carbocycles. The van der Waals surface area contributed by atoms with Crippen molar-refractivity contribution in [2.24, 2.45) is 0 Å². The summed E-state index contributed by atoms with van der Waals surface area (Å²) in [4.78, 5) is 4.64. The van der Waals surface area contributed by atoms with Crippen molar-refractivity contribution in [1.82, 2.24) is 15.2 Å². The van der Waals surface area contributed by atoms with Crippen LogP contribution in [0.15, 0.2) is 77.2 Å². The summed E-state index contributed by atoms with van der Waals surface area (Å²) in [7, 11) is 0. The minimum absolute atomic E-state index is 0.679. The van der Waals surface area contributed by atoms with Gasteiger partial charge in [0.2, 0.25) is 0 Å². The minimum atomic E-state index is 0.679. The fourth-order valence-electron chi connectivity index (χ4n) is 3.03. The van der Waals surface area contributed by atoms with Crippen molar-refractivity contribution >= 4 is 21.9 Å². The first-order valence-electron chi connectivity index (χ1n) is 8.78. The quantitative estimate of drug-likeness (QED) is 0.424. The molecule has 5 rings (SSSR count). The van der Waals surface area contributed by atoms with Crippen LogP contribution in [0.3, 0.4) is 0 Å². The number of aromatic amines is 1. The lowest BCUT2D eigenvalue weighted by Gasteiger charge is -1.97.